The van der Waals surface area contributed by atoms with Crippen LogP contribution in [0.5, 0.6) is 5.75 Å². The second-order valence-corrected chi connectivity index (χ2v) is 4.88. The van der Waals surface area contributed by atoms with Gasteiger partial charge in [-0.25, -0.2) is 4.68 Å². The first-order valence-corrected chi connectivity index (χ1v) is 6.90. The van der Waals surface area contributed by atoms with Crippen molar-refractivity contribution in [2.75, 3.05) is 6.61 Å². The van der Waals surface area contributed by atoms with Crippen LogP contribution in [0.3, 0.4) is 0 Å². The van der Waals surface area contributed by atoms with Gasteiger partial charge in [-0.2, -0.15) is 5.10 Å². The first-order chi connectivity index (χ1) is 9.61. The predicted octanol–water partition coefficient (Wildman–Crippen LogP) is 2.93. The van der Waals surface area contributed by atoms with Crippen LogP contribution in [0.15, 0.2) is 35.1 Å². The van der Waals surface area contributed by atoms with E-state index in [9.17, 15) is 4.79 Å². The highest BCUT2D eigenvalue weighted by molar-refractivity contribution is 5.67. The van der Waals surface area contributed by atoms with E-state index in [1.54, 1.807) is 13.1 Å². The Labute approximate surface area is 119 Å². The third-order valence-corrected chi connectivity index (χ3v) is 3.13. The molecule has 4 nitrogen and oxygen atoms in total. The molecule has 1 aromatic heterocycles. The Hall–Kier alpha value is -2.10. The highest BCUT2D eigenvalue weighted by Crippen LogP contribution is 2.29. The van der Waals surface area contributed by atoms with E-state index in [1.807, 2.05) is 25.1 Å². The molecule has 0 amide bonds. The van der Waals surface area contributed by atoms with Gasteiger partial charge in [0.15, 0.2) is 0 Å². The second-order valence-electron chi connectivity index (χ2n) is 4.88. The van der Waals surface area contributed by atoms with Crippen LogP contribution in [0.4, 0.5) is 0 Å². The molecule has 2 aromatic rings. The van der Waals surface area contributed by atoms with Gasteiger partial charge in [0, 0.05) is 18.7 Å². The Balaban J connectivity index is 2.39. The minimum atomic E-state index is -0.116. The Bertz CT molecular complexity index is 647. The van der Waals surface area contributed by atoms with Crippen LogP contribution < -0.4 is 10.3 Å². The first kappa shape index (κ1) is 14.3. The number of benzene rings is 1. The minimum absolute atomic E-state index is 0.116. The fraction of sp³-hybridized carbons (Fsp3) is 0.375. The van der Waals surface area contributed by atoms with Gasteiger partial charge < -0.3 is 4.74 Å². The van der Waals surface area contributed by atoms with E-state index in [2.05, 4.69) is 12.0 Å². The van der Waals surface area contributed by atoms with E-state index in [-0.39, 0.29) is 5.56 Å². The van der Waals surface area contributed by atoms with Gasteiger partial charge in [0.25, 0.3) is 5.56 Å². The van der Waals surface area contributed by atoms with Crippen LogP contribution in [0.1, 0.15) is 25.3 Å². The highest BCUT2D eigenvalue weighted by Gasteiger charge is 2.09. The average Bonchev–Trinajstić information content (AvgIpc) is 2.44. The third kappa shape index (κ3) is 3.26. The summed E-state index contributed by atoms with van der Waals surface area (Å²) in [6, 6.07) is 9.29. The smallest absolute Gasteiger partial charge is 0.266 e. The topological polar surface area (TPSA) is 44.1 Å². The van der Waals surface area contributed by atoms with Crippen molar-refractivity contribution >= 4 is 0 Å². The fourth-order valence-electron chi connectivity index (χ4n) is 1.94. The van der Waals surface area contributed by atoms with E-state index in [4.69, 9.17) is 4.74 Å². The van der Waals surface area contributed by atoms with Gasteiger partial charge in [-0.1, -0.05) is 25.0 Å². The van der Waals surface area contributed by atoms with Gasteiger partial charge in [0.2, 0.25) is 0 Å². The Morgan fingerprint density at radius 2 is 2.05 bits per heavy atom. The zero-order valence-electron chi connectivity index (χ0n) is 12.2. The lowest BCUT2D eigenvalue weighted by Crippen LogP contribution is -2.18. The van der Waals surface area contributed by atoms with Crippen molar-refractivity contribution in [3.8, 4) is 17.0 Å². The van der Waals surface area contributed by atoms with Gasteiger partial charge in [-0.3, -0.25) is 4.79 Å². The average molecular weight is 272 g/mol. The van der Waals surface area contributed by atoms with Crippen LogP contribution in [-0.4, -0.2) is 16.4 Å². The molecule has 0 unspecified atom stereocenters. The molecule has 1 aromatic carbocycles. The van der Waals surface area contributed by atoms with Gasteiger partial charge in [0.1, 0.15) is 5.75 Å². The van der Waals surface area contributed by atoms with Crippen molar-refractivity contribution in [1.29, 1.82) is 0 Å². The summed E-state index contributed by atoms with van der Waals surface area (Å²) in [6.07, 6.45) is 2.12. The molecule has 0 fully saturated rings. The van der Waals surface area contributed by atoms with E-state index in [1.165, 1.54) is 10.7 Å². The van der Waals surface area contributed by atoms with Crippen LogP contribution in [0.25, 0.3) is 11.3 Å². The van der Waals surface area contributed by atoms with Crippen LogP contribution in [-0.2, 0) is 7.05 Å². The number of hydrogen-bond acceptors (Lipinski definition) is 3. The molecule has 4 heteroatoms. The molecule has 20 heavy (non-hydrogen) atoms. The van der Waals surface area contributed by atoms with Crippen LogP contribution >= 0.6 is 0 Å². The maximum atomic E-state index is 11.4. The van der Waals surface area contributed by atoms with Crippen molar-refractivity contribution in [3.05, 3.63) is 46.2 Å². The molecule has 0 aliphatic heterocycles. The van der Waals surface area contributed by atoms with Gasteiger partial charge in [-0.15, -0.1) is 0 Å². The molecule has 2 rings (SSSR count). The number of rotatable bonds is 5. The van der Waals surface area contributed by atoms with E-state index in [0.717, 1.165) is 35.4 Å². The summed E-state index contributed by atoms with van der Waals surface area (Å²) in [7, 11) is 1.65. The van der Waals surface area contributed by atoms with Gasteiger partial charge in [0.05, 0.1) is 12.3 Å². The third-order valence-electron chi connectivity index (χ3n) is 3.13. The molecule has 106 valence electrons. The lowest BCUT2D eigenvalue weighted by Gasteiger charge is -2.12. The predicted molar refractivity (Wildman–Crippen MR) is 80.1 cm³/mol. The highest BCUT2D eigenvalue weighted by atomic mass is 16.5. The SMILES string of the molecule is CCCCOc1ccc(C)cc1-c1ccc(=O)n(C)n1. The molecule has 0 bridgehead atoms. The zero-order chi connectivity index (χ0) is 14.5. The number of hydrogen-bond donors (Lipinski definition) is 0. The number of unbranched alkanes of at least 4 members (excludes halogenated alkanes) is 1. The normalized spacial score (nSPS) is 10.6. The van der Waals surface area contributed by atoms with Crippen molar-refractivity contribution in [3.63, 3.8) is 0 Å². The molecule has 0 spiro atoms. The van der Waals surface area contributed by atoms with E-state index >= 15 is 0 Å². The first-order valence-electron chi connectivity index (χ1n) is 6.90. The Morgan fingerprint density at radius 3 is 2.75 bits per heavy atom. The van der Waals surface area contributed by atoms with E-state index in [0.29, 0.717) is 6.61 Å². The molecule has 0 N–H and O–H groups in total. The molecule has 0 atom stereocenters. The standard InChI is InChI=1S/C16H20N2O2/c1-4-5-10-20-15-8-6-12(2)11-13(15)14-7-9-16(19)18(3)17-14/h6-9,11H,4-5,10H2,1-3H3. The van der Waals surface area contributed by atoms with Crippen molar-refractivity contribution in [1.82, 2.24) is 9.78 Å². The van der Waals surface area contributed by atoms with Gasteiger partial charge >= 0.3 is 0 Å². The molecule has 0 aliphatic rings. The fourth-order valence-corrected chi connectivity index (χ4v) is 1.94. The molecule has 0 radical (unpaired) electrons. The second kappa shape index (κ2) is 6.37. The van der Waals surface area contributed by atoms with Gasteiger partial charge in [-0.05, 0) is 31.5 Å². The lowest BCUT2D eigenvalue weighted by molar-refractivity contribution is 0.310. The summed E-state index contributed by atoms with van der Waals surface area (Å²) in [4.78, 5) is 11.4. The molecular weight excluding hydrogens is 252 g/mol. The Morgan fingerprint density at radius 1 is 1.25 bits per heavy atom. The molecule has 0 aliphatic carbocycles. The lowest BCUT2D eigenvalue weighted by atomic mass is 10.1. The molecule has 0 saturated heterocycles. The monoisotopic (exact) mass is 272 g/mol. The number of ether oxygens (including phenoxy) is 1. The summed E-state index contributed by atoms with van der Waals surface area (Å²) in [5.74, 6) is 0.815. The quantitative estimate of drug-likeness (QED) is 0.786. The summed E-state index contributed by atoms with van der Waals surface area (Å²) in [5.41, 5.74) is 2.70. The minimum Gasteiger partial charge on any atom is -0.493 e. The molecule has 0 saturated carbocycles. The maximum Gasteiger partial charge on any atom is 0.266 e. The summed E-state index contributed by atoms with van der Waals surface area (Å²) in [5, 5.41) is 4.30. The number of aryl methyl sites for hydroxylation is 2. The molecule has 1 heterocycles. The van der Waals surface area contributed by atoms with Crippen molar-refractivity contribution in [2.45, 2.75) is 26.7 Å². The summed E-state index contributed by atoms with van der Waals surface area (Å²) < 4.78 is 7.17. The van der Waals surface area contributed by atoms with Crippen molar-refractivity contribution < 1.29 is 4.74 Å². The van der Waals surface area contributed by atoms with Crippen LogP contribution in [0, 0.1) is 6.92 Å². The van der Waals surface area contributed by atoms with Crippen LogP contribution in [0.2, 0.25) is 0 Å². The Kier molecular flexibility index (Phi) is 4.56. The maximum absolute atomic E-state index is 11.4. The zero-order valence-corrected chi connectivity index (χ0v) is 12.2. The summed E-state index contributed by atoms with van der Waals surface area (Å²) in [6.45, 7) is 4.85. The molecular formula is C16H20N2O2. The number of aromatic nitrogens is 2. The van der Waals surface area contributed by atoms with E-state index < -0.39 is 0 Å². The largest absolute Gasteiger partial charge is 0.493 e. The number of nitrogens with zero attached hydrogens (tertiary/aromatic N) is 2. The summed E-state index contributed by atoms with van der Waals surface area (Å²) >= 11 is 0. The van der Waals surface area contributed by atoms with Crippen molar-refractivity contribution in [2.24, 2.45) is 7.05 Å².